The molecule has 0 aliphatic carbocycles. The molecule has 3 rings (SSSR count). The Labute approximate surface area is 162 Å². The van der Waals surface area contributed by atoms with Gasteiger partial charge in [-0.2, -0.15) is 5.10 Å². The van der Waals surface area contributed by atoms with Crippen LogP contribution in [0.3, 0.4) is 0 Å². The number of aromatic nitrogens is 2. The highest BCUT2D eigenvalue weighted by Gasteiger charge is 2.13. The Morgan fingerprint density at radius 3 is 2.52 bits per heavy atom. The van der Waals surface area contributed by atoms with Gasteiger partial charge in [0.05, 0.1) is 17.9 Å². The standard InChI is InChI=1S/C20H20ClFN4O/c1-14-11-19(26(24-14)18-9-7-17(22)8-10-18)23-20(27)13-25(2)12-15-3-5-16(21)6-4-15/h3-11H,12-13H2,1-2H3,(H,23,27). The summed E-state index contributed by atoms with van der Waals surface area (Å²) < 4.78 is 14.7. The molecule has 1 heterocycles. The number of carbonyl (C=O) groups excluding carboxylic acids is 1. The zero-order valence-electron chi connectivity index (χ0n) is 15.1. The van der Waals surface area contributed by atoms with Crippen molar-refractivity contribution in [2.75, 3.05) is 18.9 Å². The summed E-state index contributed by atoms with van der Waals surface area (Å²) in [5, 5.41) is 7.93. The van der Waals surface area contributed by atoms with Crippen LogP contribution in [-0.4, -0.2) is 34.2 Å². The molecule has 0 radical (unpaired) electrons. The number of aryl methyl sites for hydroxylation is 1. The van der Waals surface area contributed by atoms with Gasteiger partial charge in [0.25, 0.3) is 0 Å². The Bertz CT molecular complexity index is 922. The van der Waals surface area contributed by atoms with E-state index in [2.05, 4.69) is 10.4 Å². The SMILES string of the molecule is Cc1cc(NC(=O)CN(C)Cc2ccc(Cl)cc2)n(-c2ccc(F)cc2)n1. The summed E-state index contributed by atoms with van der Waals surface area (Å²) in [5.74, 6) is 0.0655. The highest BCUT2D eigenvalue weighted by Crippen LogP contribution is 2.18. The minimum Gasteiger partial charge on any atom is -0.309 e. The molecule has 0 fully saturated rings. The van der Waals surface area contributed by atoms with Crippen LogP contribution in [0.5, 0.6) is 0 Å². The largest absolute Gasteiger partial charge is 0.309 e. The van der Waals surface area contributed by atoms with Gasteiger partial charge in [0.1, 0.15) is 11.6 Å². The van der Waals surface area contributed by atoms with E-state index in [4.69, 9.17) is 11.6 Å². The van der Waals surface area contributed by atoms with E-state index in [0.29, 0.717) is 23.1 Å². The smallest absolute Gasteiger partial charge is 0.239 e. The van der Waals surface area contributed by atoms with Gasteiger partial charge in [-0.1, -0.05) is 23.7 Å². The van der Waals surface area contributed by atoms with Gasteiger partial charge in [-0.05, 0) is 55.9 Å². The summed E-state index contributed by atoms with van der Waals surface area (Å²) in [5.41, 5.74) is 2.50. The van der Waals surface area contributed by atoms with Gasteiger partial charge in [0.2, 0.25) is 5.91 Å². The van der Waals surface area contributed by atoms with Gasteiger partial charge in [-0.25, -0.2) is 9.07 Å². The van der Waals surface area contributed by atoms with Gasteiger partial charge in [-0.3, -0.25) is 9.69 Å². The van der Waals surface area contributed by atoms with Crippen molar-refractivity contribution in [3.05, 3.63) is 76.7 Å². The molecule has 1 amide bonds. The Balaban J connectivity index is 1.65. The third kappa shape index (κ3) is 5.15. The van der Waals surface area contributed by atoms with Crippen LogP contribution in [-0.2, 0) is 11.3 Å². The summed E-state index contributed by atoms with van der Waals surface area (Å²) in [6.45, 7) is 2.68. The second-order valence-electron chi connectivity index (χ2n) is 6.41. The van der Waals surface area contributed by atoms with E-state index < -0.39 is 0 Å². The van der Waals surface area contributed by atoms with Crippen LogP contribution in [0.25, 0.3) is 5.69 Å². The van der Waals surface area contributed by atoms with Crippen molar-refractivity contribution < 1.29 is 9.18 Å². The molecule has 7 heteroatoms. The Morgan fingerprint density at radius 1 is 1.19 bits per heavy atom. The fourth-order valence-electron chi connectivity index (χ4n) is 2.75. The van der Waals surface area contributed by atoms with Crippen LogP contribution in [0.1, 0.15) is 11.3 Å². The van der Waals surface area contributed by atoms with Crippen molar-refractivity contribution in [1.82, 2.24) is 14.7 Å². The molecular weight excluding hydrogens is 367 g/mol. The van der Waals surface area contributed by atoms with Crippen molar-refractivity contribution in [2.45, 2.75) is 13.5 Å². The van der Waals surface area contributed by atoms with Crippen molar-refractivity contribution >= 4 is 23.3 Å². The molecule has 140 valence electrons. The van der Waals surface area contributed by atoms with Crippen LogP contribution in [0.4, 0.5) is 10.2 Å². The number of amides is 1. The Kier molecular flexibility index (Phi) is 5.88. The minimum absolute atomic E-state index is 0.158. The van der Waals surface area contributed by atoms with Gasteiger partial charge in [0.15, 0.2) is 0 Å². The lowest BCUT2D eigenvalue weighted by molar-refractivity contribution is -0.117. The number of halogens is 2. The Morgan fingerprint density at radius 2 is 1.85 bits per heavy atom. The molecule has 0 aliphatic rings. The molecule has 0 aliphatic heterocycles. The molecule has 3 aromatic rings. The first-order valence-electron chi connectivity index (χ1n) is 8.46. The molecule has 2 aromatic carbocycles. The monoisotopic (exact) mass is 386 g/mol. The van der Waals surface area contributed by atoms with E-state index in [-0.39, 0.29) is 18.3 Å². The number of rotatable bonds is 6. The summed E-state index contributed by atoms with van der Waals surface area (Å²) in [7, 11) is 1.87. The molecule has 1 aromatic heterocycles. The first kappa shape index (κ1) is 19.1. The fraction of sp³-hybridized carbons (Fsp3) is 0.200. The van der Waals surface area contributed by atoms with Crippen LogP contribution >= 0.6 is 11.6 Å². The Hall–Kier alpha value is -2.70. The van der Waals surface area contributed by atoms with E-state index in [9.17, 15) is 9.18 Å². The topological polar surface area (TPSA) is 50.2 Å². The maximum absolute atomic E-state index is 13.2. The van der Waals surface area contributed by atoms with Gasteiger partial charge >= 0.3 is 0 Å². The molecule has 1 N–H and O–H groups in total. The molecule has 5 nitrogen and oxygen atoms in total. The summed E-state index contributed by atoms with van der Waals surface area (Å²) in [6, 6.07) is 15.3. The lowest BCUT2D eigenvalue weighted by Crippen LogP contribution is -2.30. The number of carbonyl (C=O) groups is 1. The quantitative estimate of drug-likeness (QED) is 0.695. The molecular formula is C20H20ClFN4O. The van der Waals surface area contributed by atoms with Gasteiger partial charge < -0.3 is 5.32 Å². The van der Waals surface area contributed by atoms with Crippen LogP contribution in [0.2, 0.25) is 5.02 Å². The molecule has 0 unspecified atom stereocenters. The molecule has 0 bridgehead atoms. The van der Waals surface area contributed by atoms with Gasteiger partial charge in [0, 0.05) is 17.6 Å². The van der Waals surface area contributed by atoms with Gasteiger partial charge in [-0.15, -0.1) is 0 Å². The number of hydrogen-bond donors (Lipinski definition) is 1. The van der Waals surface area contributed by atoms with Crippen LogP contribution in [0.15, 0.2) is 54.6 Å². The average molecular weight is 387 g/mol. The highest BCUT2D eigenvalue weighted by atomic mass is 35.5. The second-order valence-corrected chi connectivity index (χ2v) is 6.84. The van der Waals surface area contributed by atoms with E-state index in [0.717, 1.165) is 11.3 Å². The number of nitrogens with one attached hydrogen (secondary N) is 1. The van der Waals surface area contributed by atoms with Crippen molar-refractivity contribution in [1.29, 1.82) is 0 Å². The predicted molar refractivity (Wildman–Crippen MR) is 105 cm³/mol. The zero-order chi connectivity index (χ0) is 19.4. The van der Waals surface area contributed by atoms with E-state index in [1.807, 2.05) is 43.1 Å². The summed E-state index contributed by atoms with van der Waals surface area (Å²) in [6.07, 6.45) is 0. The average Bonchev–Trinajstić information content (AvgIpc) is 2.97. The number of hydrogen-bond acceptors (Lipinski definition) is 3. The van der Waals surface area contributed by atoms with Crippen LogP contribution in [0, 0.1) is 12.7 Å². The first-order valence-corrected chi connectivity index (χ1v) is 8.84. The van der Waals surface area contributed by atoms with Crippen molar-refractivity contribution in [3.63, 3.8) is 0 Å². The normalized spacial score (nSPS) is 11.0. The number of likely N-dealkylation sites (N-methyl/N-ethyl adjacent to an activating group) is 1. The number of benzene rings is 2. The second kappa shape index (κ2) is 8.33. The lowest BCUT2D eigenvalue weighted by atomic mass is 10.2. The third-order valence-corrected chi connectivity index (χ3v) is 4.20. The highest BCUT2D eigenvalue weighted by molar-refractivity contribution is 6.30. The number of nitrogens with zero attached hydrogens (tertiary/aromatic N) is 3. The molecule has 27 heavy (non-hydrogen) atoms. The molecule has 0 atom stereocenters. The number of anilines is 1. The van der Waals surface area contributed by atoms with Crippen molar-refractivity contribution in [2.24, 2.45) is 0 Å². The minimum atomic E-state index is -0.322. The zero-order valence-corrected chi connectivity index (χ0v) is 15.9. The van der Waals surface area contributed by atoms with E-state index >= 15 is 0 Å². The maximum atomic E-state index is 13.2. The molecule has 0 saturated carbocycles. The molecule has 0 spiro atoms. The fourth-order valence-corrected chi connectivity index (χ4v) is 2.88. The maximum Gasteiger partial charge on any atom is 0.239 e. The molecule has 0 saturated heterocycles. The third-order valence-electron chi connectivity index (χ3n) is 3.95. The first-order chi connectivity index (χ1) is 12.9. The lowest BCUT2D eigenvalue weighted by Gasteiger charge is -2.17. The van der Waals surface area contributed by atoms with E-state index in [1.165, 1.54) is 12.1 Å². The summed E-state index contributed by atoms with van der Waals surface area (Å²) in [4.78, 5) is 14.3. The van der Waals surface area contributed by atoms with E-state index in [1.54, 1.807) is 22.9 Å². The van der Waals surface area contributed by atoms with Crippen LogP contribution < -0.4 is 5.32 Å². The van der Waals surface area contributed by atoms with Crippen molar-refractivity contribution in [3.8, 4) is 5.69 Å². The predicted octanol–water partition coefficient (Wildman–Crippen LogP) is 4.04. The summed E-state index contributed by atoms with van der Waals surface area (Å²) >= 11 is 5.89.